The number of ether oxygens (including phenoxy) is 4. The van der Waals surface area contributed by atoms with Crippen LogP contribution < -0.4 is 0 Å². The molecule has 612 valence electrons. The van der Waals surface area contributed by atoms with E-state index in [0.717, 1.165) is 114 Å². The Morgan fingerprint density at radius 1 is 0.272 bits per heavy atom. The van der Waals surface area contributed by atoms with Crippen LogP contribution in [0.25, 0.3) is 0 Å². The minimum absolute atomic E-state index is 0.106. The normalized spacial score (nSPS) is 14.2. The summed E-state index contributed by atoms with van der Waals surface area (Å²) in [6.07, 6.45) is 61.2. The molecule has 3 N–H and O–H groups in total. The molecule has 0 aliphatic rings. The van der Waals surface area contributed by atoms with Crippen molar-refractivity contribution in [2.24, 2.45) is 23.7 Å². The molecule has 0 spiro atoms. The van der Waals surface area contributed by atoms with Gasteiger partial charge < -0.3 is 33.8 Å². The lowest BCUT2D eigenvalue weighted by atomic mass is 9.99. The van der Waals surface area contributed by atoms with Crippen LogP contribution in [-0.2, 0) is 65.4 Å². The first-order chi connectivity index (χ1) is 49.6. The van der Waals surface area contributed by atoms with Crippen molar-refractivity contribution in [3.05, 3.63) is 0 Å². The van der Waals surface area contributed by atoms with Crippen molar-refractivity contribution in [2.75, 3.05) is 39.6 Å². The van der Waals surface area contributed by atoms with Crippen LogP contribution >= 0.6 is 15.6 Å². The highest BCUT2D eigenvalue weighted by molar-refractivity contribution is 7.47. The van der Waals surface area contributed by atoms with Gasteiger partial charge in [0.05, 0.1) is 26.4 Å². The highest BCUT2D eigenvalue weighted by Crippen LogP contribution is 2.45. The highest BCUT2D eigenvalue weighted by Gasteiger charge is 2.30. The van der Waals surface area contributed by atoms with E-state index in [0.29, 0.717) is 31.6 Å². The number of hydrogen-bond acceptors (Lipinski definition) is 15. The fourth-order valence-electron chi connectivity index (χ4n) is 12.9. The van der Waals surface area contributed by atoms with Crippen molar-refractivity contribution in [1.82, 2.24) is 0 Å². The molecule has 0 amide bonds. The second-order valence-corrected chi connectivity index (χ2v) is 34.8. The third-order valence-corrected chi connectivity index (χ3v) is 21.8. The number of unbranched alkanes of at least 4 members (excludes halogenated alkanes) is 46. The Balaban J connectivity index is 5.21. The maximum atomic E-state index is 13.1. The van der Waals surface area contributed by atoms with Crippen LogP contribution in [0, 0.1) is 23.7 Å². The Morgan fingerprint density at radius 3 is 0.689 bits per heavy atom. The van der Waals surface area contributed by atoms with Gasteiger partial charge in [-0.1, -0.05) is 383 Å². The molecule has 3 unspecified atom stereocenters. The molecule has 6 atom stereocenters. The number of esters is 4. The lowest BCUT2D eigenvalue weighted by Gasteiger charge is -2.21. The van der Waals surface area contributed by atoms with Gasteiger partial charge in [0.15, 0.2) is 12.2 Å². The Kier molecular flexibility index (Phi) is 71.5. The summed E-state index contributed by atoms with van der Waals surface area (Å²) in [6.45, 7) is 14.3. The zero-order chi connectivity index (χ0) is 76.0. The third-order valence-electron chi connectivity index (χ3n) is 19.9. The zero-order valence-electron chi connectivity index (χ0n) is 68.0. The van der Waals surface area contributed by atoms with E-state index in [4.69, 9.17) is 37.0 Å². The minimum Gasteiger partial charge on any atom is -0.462 e. The van der Waals surface area contributed by atoms with E-state index in [1.807, 2.05) is 0 Å². The molecule has 0 bridgehead atoms. The molecule has 0 fully saturated rings. The monoisotopic (exact) mass is 1510 g/mol. The van der Waals surface area contributed by atoms with E-state index in [2.05, 4.69) is 55.4 Å². The average Bonchev–Trinajstić information content (AvgIpc) is 0.919. The number of rotatable bonds is 81. The molecule has 0 rings (SSSR count). The van der Waals surface area contributed by atoms with Gasteiger partial charge in [0.25, 0.3) is 0 Å². The minimum atomic E-state index is -4.97. The molecule has 0 aliphatic carbocycles. The number of phosphoric acid groups is 2. The van der Waals surface area contributed by atoms with E-state index in [9.17, 15) is 43.2 Å². The van der Waals surface area contributed by atoms with Crippen molar-refractivity contribution in [2.45, 2.75) is 453 Å². The molecule has 0 aromatic carbocycles. The summed E-state index contributed by atoms with van der Waals surface area (Å²) < 4.78 is 68.8. The second kappa shape index (κ2) is 72.9. The number of aliphatic hydroxyl groups is 1. The molecule has 103 heavy (non-hydrogen) atoms. The van der Waals surface area contributed by atoms with Crippen LogP contribution in [0.3, 0.4) is 0 Å². The van der Waals surface area contributed by atoms with Gasteiger partial charge in [0.1, 0.15) is 19.3 Å². The molecule has 0 saturated carbocycles. The predicted molar refractivity (Wildman–Crippen MR) is 423 cm³/mol. The lowest BCUT2D eigenvalue weighted by Crippen LogP contribution is -2.30. The first-order valence-electron chi connectivity index (χ1n) is 43.2. The maximum Gasteiger partial charge on any atom is 0.472 e. The number of carbonyl (C=O) groups excluding carboxylic acids is 4. The second-order valence-electron chi connectivity index (χ2n) is 31.9. The lowest BCUT2D eigenvalue weighted by molar-refractivity contribution is -0.161. The van der Waals surface area contributed by atoms with E-state index in [1.165, 1.54) is 231 Å². The first-order valence-corrected chi connectivity index (χ1v) is 46.2. The fraction of sp³-hybridized carbons (Fsp3) is 0.952. The summed E-state index contributed by atoms with van der Waals surface area (Å²) in [6, 6.07) is 0. The Bertz CT molecular complexity index is 2010. The summed E-state index contributed by atoms with van der Waals surface area (Å²) in [5, 5.41) is 10.7. The summed E-state index contributed by atoms with van der Waals surface area (Å²) in [4.78, 5) is 73.1. The van der Waals surface area contributed by atoms with Gasteiger partial charge in [0.2, 0.25) is 0 Å². The quantitative estimate of drug-likeness (QED) is 0.0222. The van der Waals surface area contributed by atoms with Crippen molar-refractivity contribution in [3.63, 3.8) is 0 Å². The van der Waals surface area contributed by atoms with Gasteiger partial charge in [-0.3, -0.25) is 37.3 Å². The maximum absolute atomic E-state index is 13.1. The van der Waals surface area contributed by atoms with Crippen molar-refractivity contribution in [1.29, 1.82) is 0 Å². The van der Waals surface area contributed by atoms with Crippen LogP contribution in [-0.4, -0.2) is 96.7 Å². The molecular formula is C84H164O17P2. The zero-order valence-corrected chi connectivity index (χ0v) is 69.7. The van der Waals surface area contributed by atoms with Crippen molar-refractivity contribution < 1.29 is 80.2 Å². The summed E-state index contributed by atoms with van der Waals surface area (Å²) in [5.41, 5.74) is 0. The smallest absolute Gasteiger partial charge is 0.462 e. The van der Waals surface area contributed by atoms with Gasteiger partial charge in [0, 0.05) is 25.7 Å². The van der Waals surface area contributed by atoms with Crippen LogP contribution in [0.4, 0.5) is 0 Å². The predicted octanol–water partition coefficient (Wildman–Crippen LogP) is 25.2. The number of carbonyl (C=O) groups is 4. The van der Waals surface area contributed by atoms with E-state index >= 15 is 0 Å². The van der Waals surface area contributed by atoms with Gasteiger partial charge >= 0.3 is 39.5 Å². The summed E-state index contributed by atoms with van der Waals surface area (Å²) in [5.74, 6) is 1.01. The van der Waals surface area contributed by atoms with Crippen LogP contribution in [0.2, 0.25) is 0 Å². The fourth-order valence-corrected chi connectivity index (χ4v) is 14.5. The number of aliphatic hydroxyl groups excluding tert-OH is 1. The molecule has 19 heteroatoms. The molecule has 0 saturated heterocycles. The number of hydrogen-bond donors (Lipinski definition) is 3. The topological polar surface area (TPSA) is 237 Å². The largest absolute Gasteiger partial charge is 0.472 e. The van der Waals surface area contributed by atoms with Crippen LogP contribution in [0.15, 0.2) is 0 Å². The van der Waals surface area contributed by atoms with Gasteiger partial charge in [-0.15, -0.1) is 0 Å². The van der Waals surface area contributed by atoms with E-state index < -0.39 is 97.5 Å². The molecular weight excluding hydrogens is 1340 g/mol. The third kappa shape index (κ3) is 76.6. The Morgan fingerprint density at radius 2 is 0.466 bits per heavy atom. The number of phosphoric ester groups is 2. The molecule has 0 aromatic heterocycles. The molecule has 0 heterocycles. The standard InChI is InChI=1S/C84H164O17P2/c1-9-77(8)63-55-47-38-32-26-19-14-12-10-11-13-15-21-28-34-40-50-58-66-83(88)100-79(70-94-81(86)64-56-48-39-33-27-20-17-16-18-24-30-36-44-52-60-74(2)3)72-98-102(90,91)96-68-78(85)69-97-103(92,93)99-73-80(71-95-82(87)65-57-49-43-42-46-54-62-76(6)7)101-84(89)67-59-51-41-35-29-23-22-25-31-37-45-53-61-75(4)5/h74-80,85H,9-73H2,1-8H3,(H,90,91)(H,92,93)/t77?,78-,79-,80-/m1/s1. The van der Waals surface area contributed by atoms with Crippen molar-refractivity contribution in [3.8, 4) is 0 Å². The van der Waals surface area contributed by atoms with Gasteiger partial charge in [-0.2, -0.15) is 0 Å². The average molecular weight is 1510 g/mol. The first kappa shape index (κ1) is 101. The summed E-state index contributed by atoms with van der Waals surface area (Å²) in [7, 11) is -9.92. The summed E-state index contributed by atoms with van der Waals surface area (Å²) >= 11 is 0. The van der Waals surface area contributed by atoms with Crippen LogP contribution in [0.1, 0.15) is 434 Å². The van der Waals surface area contributed by atoms with Crippen LogP contribution in [0.5, 0.6) is 0 Å². The molecule has 0 aliphatic heterocycles. The molecule has 17 nitrogen and oxygen atoms in total. The van der Waals surface area contributed by atoms with Gasteiger partial charge in [-0.05, 0) is 49.4 Å². The SMILES string of the molecule is CCC(C)CCCCCCCCCCCCCCCCCCCCC(=O)O[C@H](COC(=O)CCCCCCCCCCCCCCCCC(C)C)COP(=O)(O)OC[C@@H](O)COP(=O)(O)OC[C@@H](COC(=O)CCCCCCCCC(C)C)OC(=O)CCCCCCCCCCCCCCC(C)C. The molecule has 0 radical (unpaired) electrons. The van der Waals surface area contributed by atoms with E-state index in [1.54, 1.807) is 0 Å². The van der Waals surface area contributed by atoms with E-state index in [-0.39, 0.29) is 25.7 Å². The highest BCUT2D eigenvalue weighted by atomic mass is 31.2. The molecule has 0 aromatic rings. The van der Waals surface area contributed by atoms with Crippen molar-refractivity contribution >= 4 is 39.5 Å². The Labute approximate surface area is 632 Å². The van der Waals surface area contributed by atoms with Gasteiger partial charge in [-0.25, -0.2) is 9.13 Å². The Hall–Kier alpha value is -1.94.